The van der Waals surface area contributed by atoms with E-state index in [9.17, 15) is 4.79 Å². The third-order valence-electron chi connectivity index (χ3n) is 3.89. The van der Waals surface area contributed by atoms with E-state index >= 15 is 0 Å². The first-order valence-electron chi connectivity index (χ1n) is 7.82. The van der Waals surface area contributed by atoms with Crippen molar-refractivity contribution in [3.05, 3.63) is 47.9 Å². The van der Waals surface area contributed by atoms with E-state index in [2.05, 4.69) is 20.9 Å². The van der Waals surface area contributed by atoms with Gasteiger partial charge >= 0.3 is 0 Å². The molecule has 1 aromatic carbocycles. The van der Waals surface area contributed by atoms with Gasteiger partial charge in [0, 0.05) is 12.1 Å². The van der Waals surface area contributed by atoms with Crippen molar-refractivity contribution in [2.24, 2.45) is 5.73 Å². The maximum atomic E-state index is 11.2. The molecule has 1 aliphatic heterocycles. The molecule has 0 atom stereocenters. The Kier molecular flexibility index (Phi) is 4.83. The Labute approximate surface area is 135 Å². The number of carbonyl (C=O) groups excluding carboxylic acids is 1. The number of primary amides is 1. The number of hydrogen-bond donors (Lipinski definition) is 1. The van der Waals surface area contributed by atoms with Crippen LogP contribution >= 0.6 is 0 Å². The van der Waals surface area contributed by atoms with Gasteiger partial charge in [0.1, 0.15) is 11.4 Å². The Bertz CT molecular complexity index is 684. The van der Waals surface area contributed by atoms with Gasteiger partial charge in [0.25, 0.3) is 5.91 Å². The van der Waals surface area contributed by atoms with E-state index in [1.165, 1.54) is 31.7 Å². The molecule has 0 radical (unpaired) electrons. The van der Waals surface area contributed by atoms with Crippen molar-refractivity contribution in [3.63, 3.8) is 0 Å². The monoisotopic (exact) mass is 312 g/mol. The molecule has 6 heteroatoms. The average molecular weight is 312 g/mol. The number of piperidine rings is 1. The first-order valence-corrected chi connectivity index (χ1v) is 7.82. The average Bonchev–Trinajstić information content (AvgIpc) is 2.58. The van der Waals surface area contributed by atoms with Crippen LogP contribution in [0, 0.1) is 0 Å². The fourth-order valence-corrected chi connectivity index (χ4v) is 2.72. The lowest BCUT2D eigenvalue weighted by Gasteiger charge is -2.27. The molecule has 0 aliphatic carbocycles. The quantitative estimate of drug-likeness (QED) is 0.916. The van der Waals surface area contributed by atoms with Crippen molar-refractivity contribution >= 4 is 5.91 Å². The molecule has 0 bridgehead atoms. The van der Waals surface area contributed by atoms with Crippen LogP contribution in [-0.4, -0.2) is 33.9 Å². The topological polar surface area (TPSA) is 81.3 Å². The third-order valence-corrected chi connectivity index (χ3v) is 3.89. The van der Waals surface area contributed by atoms with Crippen molar-refractivity contribution in [2.45, 2.75) is 25.8 Å². The van der Waals surface area contributed by atoms with E-state index in [4.69, 9.17) is 10.5 Å². The minimum absolute atomic E-state index is 0.0935. The number of rotatable bonds is 5. The third kappa shape index (κ3) is 4.04. The van der Waals surface area contributed by atoms with Crippen LogP contribution in [0.15, 0.2) is 36.7 Å². The van der Waals surface area contributed by atoms with Gasteiger partial charge in [0.05, 0.1) is 12.4 Å². The number of ether oxygens (including phenoxy) is 1. The Morgan fingerprint density at radius 1 is 1.17 bits per heavy atom. The van der Waals surface area contributed by atoms with Gasteiger partial charge in [-0.05, 0) is 32.0 Å². The summed E-state index contributed by atoms with van der Waals surface area (Å²) in [5.41, 5.74) is 6.42. The number of nitrogens with zero attached hydrogens (tertiary/aromatic N) is 3. The summed E-state index contributed by atoms with van der Waals surface area (Å²) in [6.07, 6.45) is 6.60. The maximum Gasteiger partial charge on any atom is 0.269 e. The fraction of sp³-hybridized carbons (Fsp3) is 0.353. The summed E-state index contributed by atoms with van der Waals surface area (Å²) in [5, 5.41) is 0. The van der Waals surface area contributed by atoms with Crippen LogP contribution < -0.4 is 10.5 Å². The molecule has 6 nitrogen and oxygen atoms in total. The van der Waals surface area contributed by atoms with Gasteiger partial charge in [0.15, 0.2) is 0 Å². The van der Waals surface area contributed by atoms with Gasteiger partial charge in [0.2, 0.25) is 5.88 Å². The molecule has 3 rings (SSSR count). The molecule has 2 aromatic rings. The molecule has 1 aromatic heterocycles. The molecule has 0 saturated carbocycles. The number of amides is 1. The standard InChI is InChI=1S/C17H20N4O2/c18-17(22)14-10-19-11-16(20-14)23-15-7-3-2-6-13(15)12-21-8-4-1-5-9-21/h2-3,6-7,10-11H,1,4-5,8-9,12H2,(H2,18,22). The summed E-state index contributed by atoms with van der Waals surface area (Å²) in [5.74, 6) is 0.380. The summed E-state index contributed by atoms with van der Waals surface area (Å²) in [4.78, 5) is 21.7. The number of carbonyl (C=O) groups is 1. The second-order valence-electron chi connectivity index (χ2n) is 5.65. The van der Waals surface area contributed by atoms with Crippen LogP contribution in [0.5, 0.6) is 11.6 Å². The minimum Gasteiger partial charge on any atom is -0.437 e. The summed E-state index contributed by atoms with van der Waals surface area (Å²) in [6, 6.07) is 7.87. The molecule has 2 N–H and O–H groups in total. The van der Waals surface area contributed by atoms with Crippen LogP contribution in [-0.2, 0) is 6.54 Å². The molecule has 120 valence electrons. The molecule has 1 saturated heterocycles. The van der Waals surface area contributed by atoms with Gasteiger partial charge in [-0.3, -0.25) is 14.7 Å². The fourth-order valence-electron chi connectivity index (χ4n) is 2.72. The van der Waals surface area contributed by atoms with E-state index in [1.807, 2.05) is 18.2 Å². The van der Waals surface area contributed by atoms with Gasteiger partial charge < -0.3 is 10.5 Å². The van der Waals surface area contributed by atoms with E-state index in [1.54, 1.807) is 0 Å². The lowest BCUT2D eigenvalue weighted by atomic mass is 10.1. The van der Waals surface area contributed by atoms with Crippen LogP contribution in [0.1, 0.15) is 35.3 Å². The Hall–Kier alpha value is -2.47. The smallest absolute Gasteiger partial charge is 0.269 e. The van der Waals surface area contributed by atoms with E-state index in [0.29, 0.717) is 0 Å². The van der Waals surface area contributed by atoms with E-state index in [-0.39, 0.29) is 11.6 Å². The first kappa shape index (κ1) is 15.4. The molecule has 23 heavy (non-hydrogen) atoms. The van der Waals surface area contributed by atoms with Crippen molar-refractivity contribution in [1.29, 1.82) is 0 Å². The SMILES string of the molecule is NC(=O)c1cncc(Oc2ccccc2CN2CCCCC2)n1. The summed E-state index contributed by atoms with van der Waals surface area (Å²) in [6.45, 7) is 3.08. The van der Waals surface area contributed by atoms with Crippen LogP contribution in [0.2, 0.25) is 0 Å². The zero-order valence-electron chi connectivity index (χ0n) is 12.9. The summed E-state index contributed by atoms with van der Waals surface area (Å²) >= 11 is 0. The highest BCUT2D eigenvalue weighted by molar-refractivity contribution is 5.90. The minimum atomic E-state index is -0.621. The van der Waals surface area contributed by atoms with Gasteiger partial charge in [-0.2, -0.15) is 0 Å². The van der Waals surface area contributed by atoms with Crippen molar-refractivity contribution in [2.75, 3.05) is 13.1 Å². The zero-order valence-corrected chi connectivity index (χ0v) is 12.9. The molecule has 0 unspecified atom stereocenters. The lowest BCUT2D eigenvalue weighted by Crippen LogP contribution is -2.29. The first-order chi connectivity index (χ1) is 11.2. The predicted octanol–water partition coefficient (Wildman–Crippen LogP) is 2.35. The van der Waals surface area contributed by atoms with Crippen LogP contribution in [0.4, 0.5) is 0 Å². The summed E-state index contributed by atoms with van der Waals surface area (Å²) < 4.78 is 5.83. The van der Waals surface area contributed by atoms with Crippen LogP contribution in [0.3, 0.4) is 0 Å². The second-order valence-corrected chi connectivity index (χ2v) is 5.65. The van der Waals surface area contributed by atoms with Crippen molar-refractivity contribution in [3.8, 4) is 11.6 Å². The van der Waals surface area contributed by atoms with Crippen molar-refractivity contribution < 1.29 is 9.53 Å². The van der Waals surface area contributed by atoms with Gasteiger partial charge in [-0.25, -0.2) is 4.98 Å². The Morgan fingerprint density at radius 2 is 1.96 bits per heavy atom. The number of para-hydroxylation sites is 1. The number of likely N-dealkylation sites (tertiary alicyclic amines) is 1. The van der Waals surface area contributed by atoms with Crippen molar-refractivity contribution in [1.82, 2.24) is 14.9 Å². The molecule has 1 fully saturated rings. The van der Waals surface area contributed by atoms with E-state index < -0.39 is 5.91 Å². The number of benzene rings is 1. The molecule has 1 amide bonds. The Balaban J connectivity index is 1.77. The highest BCUT2D eigenvalue weighted by atomic mass is 16.5. The highest BCUT2D eigenvalue weighted by Gasteiger charge is 2.14. The molecular weight excluding hydrogens is 292 g/mol. The van der Waals surface area contributed by atoms with E-state index in [0.717, 1.165) is 30.9 Å². The largest absolute Gasteiger partial charge is 0.437 e. The van der Waals surface area contributed by atoms with Crippen LogP contribution in [0.25, 0.3) is 0 Å². The van der Waals surface area contributed by atoms with Gasteiger partial charge in [-0.15, -0.1) is 0 Å². The predicted molar refractivity (Wildman–Crippen MR) is 86.2 cm³/mol. The maximum absolute atomic E-state index is 11.2. The zero-order chi connectivity index (χ0) is 16.1. The molecule has 2 heterocycles. The normalized spacial score (nSPS) is 15.3. The molecule has 0 spiro atoms. The number of aromatic nitrogens is 2. The number of nitrogens with two attached hydrogens (primary N) is 1. The highest BCUT2D eigenvalue weighted by Crippen LogP contribution is 2.25. The van der Waals surface area contributed by atoms with Gasteiger partial charge in [-0.1, -0.05) is 24.6 Å². The second kappa shape index (κ2) is 7.19. The molecule has 1 aliphatic rings. The Morgan fingerprint density at radius 3 is 2.74 bits per heavy atom. The number of hydrogen-bond acceptors (Lipinski definition) is 5. The summed E-state index contributed by atoms with van der Waals surface area (Å²) in [7, 11) is 0. The molecular formula is C17H20N4O2. The lowest BCUT2D eigenvalue weighted by molar-refractivity contribution is 0.0994.